The molecule has 0 amide bonds. The van der Waals surface area contributed by atoms with Gasteiger partial charge in [0.2, 0.25) is 5.95 Å². The van der Waals surface area contributed by atoms with Crippen LogP contribution in [0.4, 0.5) is 30.6 Å². The Hall–Kier alpha value is -3.36. The Kier molecular flexibility index (Phi) is 5.82. The van der Waals surface area contributed by atoms with Gasteiger partial charge in [-0.2, -0.15) is 18.2 Å². The Morgan fingerprint density at radius 1 is 1.00 bits per heavy atom. The summed E-state index contributed by atoms with van der Waals surface area (Å²) in [7, 11) is 1.20. The maximum atomic E-state index is 13.3. The highest BCUT2D eigenvalue weighted by atomic mass is 19.4. The summed E-state index contributed by atoms with van der Waals surface area (Å²) in [6, 6.07) is 9.03. The minimum Gasteiger partial charge on any atom is -0.496 e. The van der Waals surface area contributed by atoms with E-state index in [1.165, 1.54) is 19.2 Å². The number of nitrogens with one attached hydrogen (secondary N) is 2. The fraction of sp³-hybridized carbons (Fsp3) is 0.286. The maximum absolute atomic E-state index is 13.3. The summed E-state index contributed by atoms with van der Waals surface area (Å²) in [6.45, 7) is 5.87. The lowest BCUT2D eigenvalue weighted by Crippen LogP contribution is -2.27. The van der Waals surface area contributed by atoms with E-state index in [0.29, 0.717) is 17.5 Å². The lowest BCUT2D eigenvalue weighted by molar-refractivity contribution is -0.138. The second-order valence-corrected chi connectivity index (χ2v) is 7.62. The topological polar surface area (TPSA) is 72.0 Å². The highest BCUT2D eigenvalue weighted by Crippen LogP contribution is 2.38. The number of hydrogen-bond acceptors (Lipinski definition) is 6. The van der Waals surface area contributed by atoms with Crippen molar-refractivity contribution in [2.24, 2.45) is 0 Å². The fourth-order valence-corrected chi connectivity index (χ4v) is 2.72. The van der Waals surface area contributed by atoms with Crippen LogP contribution in [0.15, 0.2) is 48.8 Å². The van der Waals surface area contributed by atoms with Gasteiger partial charge >= 0.3 is 6.18 Å². The van der Waals surface area contributed by atoms with Crippen molar-refractivity contribution < 1.29 is 17.9 Å². The number of nitrogens with zero attached hydrogens (tertiary/aromatic N) is 3. The van der Waals surface area contributed by atoms with Crippen molar-refractivity contribution in [3.63, 3.8) is 0 Å². The minimum absolute atomic E-state index is 0.223. The first-order chi connectivity index (χ1) is 14.0. The predicted molar refractivity (Wildman–Crippen MR) is 110 cm³/mol. The van der Waals surface area contributed by atoms with E-state index in [0.717, 1.165) is 11.6 Å². The number of methoxy groups -OCH3 is 1. The molecule has 0 aliphatic carbocycles. The molecular formula is C21H22F3N5O. The van der Waals surface area contributed by atoms with Gasteiger partial charge < -0.3 is 15.4 Å². The Morgan fingerprint density at radius 3 is 2.37 bits per heavy atom. The Bertz CT molecular complexity index is 1020. The van der Waals surface area contributed by atoms with Gasteiger partial charge in [0.1, 0.15) is 11.6 Å². The number of halogens is 3. The van der Waals surface area contributed by atoms with Crippen LogP contribution in [0, 0.1) is 0 Å². The molecule has 30 heavy (non-hydrogen) atoms. The molecule has 2 heterocycles. The first-order valence-corrected chi connectivity index (χ1v) is 9.15. The average Bonchev–Trinajstić information content (AvgIpc) is 2.66. The Labute approximate surface area is 172 Å². The predicted octanol–water partition coefficient (Wildman–Crippen LogP) is 5.52. The second kappa shape index (κ2) is 8.17. The molecule has 6 nitrogen and oxygen atoms in total. The minimum atomic E-state index is -4.55. The van der Waals surface area contributed by atoms with Crippen LogP contribution in [-0.4, -0.2) is 27.6 Å². The number of hydrogen-bond donors (Lipinski definition) is 2. The summed E-state index contributed by atoms with van der Waals surface area (Å²) in [5, 5.41) is 6.13. The Balaban J connectivity index is 2.02. The lowest BCUT2D eigenvalue weighted by atomic mass is 10.1. The molecule has 0 saturated heterocycles. The Morgan fingerprint density at radius 2 is 1.77 bits per heavy atom. The molecule has 0 saturated carbocycles. The molecular weight excluding hydrogens is 395 g/mol. The highest BCUT2D eigenvalue weighted by molar-refractivity contribution is 5.67. The number of alkyl halides is 3. The zero-order valence-corrected chi connectivity index (χ0v) is 17.0. The van der Waals surface area contributed by atoms with Crippen LogP contribution in [-0.2, 0) is 6.18 Å². The molecule has 0 aliphatic heterocycles. The molecule has 2 N–H and O–H groups in total. The van der Waals surface area contributed by atoms with E-state index in [1.807, 2.05) is 26.8 Å². The summed E-state index contributed by atoms with van der Waals surface area (Å²) in [5.41, 5.74) is 0.377. The van der Waals surface area contributed by atoms with Gasteiger partial charge in [-0.15, -0.1) is 0 Å². The first kappa shape index (κ1) is 21.4. The highest BCUT2D eigenvalue weighted by Gasteiger charge is 2.34. The van der Waals surface area contributed by atoms with Gasteiger partial charge in [0.25, 0.3) is 0 Å². The van der Waals surface area contributed by atoms with Crippen LogP contribution in [0.1, 0.15) is 26.3 Å². The zero-order valence-electron chi connectivity index (χ0n) is 17.0. The molecule has 0 spiro atoms. The van der Waals surface area contributed by atoms with Crippen LogP contribution in [0.2, 0.25) is 0 Å². The molecule has 0 fully saturated rings. The quantitative estimate of drug-likeness (QED) is 0.570. The standard InChI is InChI=1S/C21H22F3N5O/c1-20(2,3)29-19-27-16(13-6-5-9-25-12-13)11-18(28-19)26-14-7-8-17(30-4)15(10-14)21(22,23)24/h5-12H,1-4H3,(H2,26,27,28,29). The maximum Gasteiger partial charge on any atom is 0.420 e. The van der Waals surface area contributed by atoms with Crippen LogP contribution >= 0.6 is 0 Å². The van der Waals surface area contributed by atoms with Crippen molar-refractivity contribution in [3.8, 4) is 17.0 Å². The zero-order chi connectivity index (χ0) is 21.9. The van der Waals surface area contributed by atoms with Crippen molar-refractivity contribution in [1.29, 1.82) is 0 Å². The van der Waals surface area contributed by atoms with Crippen molar-refractivity contribution in [2.45, 2.75) is 32.5 Å². The van der Waals surface area contributed by atoms with E-state index >= 15 is 0 Å². The fourth-order valence-electron chi connectivity index (χ4n) is 2.72. The van der Waals surface area contributed by atoms with Crippen LogP contribution < -0.4 is 15.4 Å². The monoisotopic (exact) mass is 417 g/mol. The van der Waals surface area contributed by atoms with Gasteiger partial charge in [-0.25, -0.2) is 4.98 Å². The summed E-state index contributed by atoms with van der Waals surface area (Å²) >= 11 is 0. The number of rotatable bonds is 5. The van der Waals surface area contributed by atoms with E-state index in [2.05, 4.69) is 25.6 Å². The second-order valence-electron chi connectivity index (χ2n) is 7.62. The molecule has 2 aromatic heterocycles. The molecule has 0 radical (unpaired) electrons. The molecule has 3 rings (SSSR count). The van der Waals surface area contributed by atoms with Gasteiger partial charge in [-0.1, -0.05) is 0 Å². The normalized spacial score (nSPS) is 11.8. The van der Waals surface area contributed by atoms with Gasteiger partial charge in [0, 0.05) is 35.2 Å². The smallest absolute Gasteiger partial charge is 0.420 e. The van der Waals surface area contributed by atoms with Crippen LogP contribution in [0.3, 0.4) is 0 Å². The molecule has 3 aromatic rings. The van der Waals surface area contributed by atoms with Crippen molar-refractivity contribution >= 4 is 17.5 Å². The lowest BCUT2D eigenvalue weighted by Gasteiger charge is -2.21. The van der Waals surface area contributed by atoms with E-state index in [1.54, 1.807) is 24.5 Å². The molecule has 9 heteroatoms. The number of benzene rings is 1. The van der Waals surface area contributed by atoms with Crippen molar-refractivity contribution in [2.75, 3.05) is 17.7 Å². The first-order valence-electron chi connectivity index (χ1n) is 9.15. The molecule has 0 bridgehead atoms. The van der Waals surface area contributed by atoms with Crippen molar-refractivity contribution in [1.82, 2.24) is 15.0 Å². The van der Waals surface area contributed by atoms with E-state index < -0.39 is 11.7 Å². The van der Waals surface area contributed by atoms with Gasteiger partial charge in [-0.05, 0) is 51.1 Å². The third-order valence-electron chi connectivity index (χ3n) is 3.95. The van der Waals surface area contributed by atoms with Crippen LogP contribution in [0.5, 0.6) is 5.75 Å². The molecule has 0 atom stereocenters. The molecule has 0 unspecified atom stereocenters. The third-order valence-corrected chi connectivity index (χ3v) is 3.95. The molecule has 0 aliphatic rings. The van der Waals surface area contributed by atoms with Crippen molar-refractivity contribution in [3.05, 3.63) is 54.4 Å². The molecule has 1 aromatic carbocycles. The number of pyridine rings is 1. The summed E-state index contributed by atoms with van der Waals surface area (Å²) < 4.78 is 44.9. The average molecular weight is 417 g/mol. The van der Waals surface area contributed by atoms with E-state index in [9.17, 15) is 13.2 Å². The van der Waals surface area contributed by atoms with E-state index in [4.69, 9.17) is 4.74 Å². The van der Waals surface area contributed by atoms with E-state index in [-0.39, 0.29) is 17.0 Å². The van der Waals surface area contributed by atoms with Gasteiger partial charge in [-0.3, -0.25) is 4.98 Å². The number of aromatic nitrogens is 3. The van der Waals surface area contributed by atoms with Gasteiger partial charge in [0.15, 0.2) is 0 Å². The number of anilines is 3. The number of ether oxygens (including phenoxy) is 1. The SMILES string of the molecule is COc1ccc(Nc2cc(-c3cccnc3)nc(NC(C)(C)C)n2)cc1C(F)(F)F. The third kappa shape index (κ3) is 5.37. The van der Waals surface area contributed by atoms with Crippen LogP contribution in [0.25, 0.3) is 11.3 Å². The molecule has 158 valence electrons. The summed E-state index contributed by atoms with van der Waals surface area (Å²) in [6.07, 6.45) is -1.25. The summed E-state index contributed by atoms with van der Waals surface area (Å²) in [5.74, 6) is 0.437. The summed E-state index contributed by atoms with van der Waals surface area (Å²) in [4.78, 5) is 13.0. The van der Waals surface area contributed by atoms with Gasteiger partial charge in [0.05, 0.1) is 18.4 Å². The largest absolute Gasteiger partial charge is 0.496 e.